The Labute approximate surface area is 137 Å². The van der Waals surface area contributed by atoms with E-state index in [4.69, 9.17) is 0 Å². The van der Waals surface area contributed by atoms with E-state index in [9.17, 15) is 14.3 Å². The van der Waals surface area contributed by atoms with E-state index < -0.39 is 6.04 Å². The van der Waals surface area contributed by atoms with E-state index in [2.05, 4.69) is 0 Å². The van der Waals surface area contributed by atoms with Crippen molar-refractivity contribution in [3.05, 3.63) is 35.6 Å². The highest BCUT2D eigenvalue weighted by molar-refractivity contribution is 5.83. The standard InChI is InChI=1S/C18H27FN2O2/c1-20(2)17(15-10-6-7-11-16(15)19)18(23)21(12-13-22)14-8-4-3-5-9-14/h6-7,10-11,14,17,22H,3-5,8-9,12-13H2,1-2H3. The summed E-state index contributed by atoms with van der Waals surface area (Å²) in [5.74, 6) is -0.492. The third-order valence-electron chi connectivity index (χ3n) is 4.59. The topological polar surface area (TPSA) is 43.8 Å². The van der Waals surface area contributed by atoms with Gasteiger partial charge in [-0.1, -0.05) is 37.5 Å². The zero-order valence-electron chi connectivity index (χ0n) is 14.0. The van der Waals surface area contributed by atoms with E-state index in [1.54, 1.807) is 42.1 Å². The quantitative estimate of drug-likeness (QED) is 0.875. The number of rotatable bonds is 6. The van der Waals surface area contributed by atoms with Crippen LogP contribution in [0.1, 0.15) is 43.7 Å². The Morgan fingerprint density at radius 2 is 1.91 bits per heavy atom. The third-order valence-corrected chi connectivity index (χ3v) is 4.59. The fourth-order valence-corrected chi connectivity index (χ4v) is 3.46. The molecular formula is C18H27FN2O2. The maximum absolute atomic E-state index is 14.2. The van der Waals surface area contributed by atoms with Gasteiger partial charge < -0.3 is 10.0 Å². The van der Waals surface area contributed by atoms with Gasteiger partial charge in [-0.25, -0.2) is 4.39 Å². The molecule has 128 valence electrons. The van der Waals surface area contributed by atoms with E-state index in [0.29, 0.717) is 12.1 Å². The number of hydrogen-bond donors (Lipinski definition) is 1. The summed E-state index contributed by atoms with van der Waals surface area (Å²) in [6, 6.07) is 5.91. The summed E-state index contributed by atoms with van der Waals surface area (Å²) < 4.78 is 14.2. The normalized spacial score (nSPS) is 17.3. The monoisotopic (exact) mass is 322 g/mol. The summed E-state index contributed by atoms with van der Waals surface area (Å²) in [6.45, 7) is 0.238. The van der Waals surface area contributed by atoms with Crippen molar-refractivity contribution < 1.29 is 14.3 Å². The average Bonchev–Trinajstić information content (AvgIpc) is 2.55. The first-order valence-corrected chi connectivity index (χ1v) is 8.38. The Kier molecular flexibility index (Phi) is 6.54. The highest BCUT2D eigenvalue weighted by atomic mass is 19.1. The van der Waals surface area contributed by atoms with Gasteiger partial charge in [0.25, 0.3) is 0 Å². The van der Waals surface area contributed by atoms with Gasteiger partial charge in [0.15, 0.2) is 0 Å². The lowest BCUT2D eigenvalue weighted by Crippen LogP contribution is -2.48. The number of carbonyl (C=O) groups is 1. The molecule has 5 heteroatoms. The van der Waals surface area contributed by atoms with Gasteiger partial charge in [0.2, 0.25) is 5.91 Å². The van der Waals surface area contributed by atoms with Crippen LogP contribution in [0, 0.1) is 5.82 Å². The molecule has 1 N–H and O–H groups in total. The Hall–Kier alpha value is -1.46. The van der Waals surface area contributed by atoms with Gasteiger partial charge in [-0.15, -0.1) is 0 Å². The second kappa shape index (κ2) is 8.41. The zero-order valence-corrected chi connectivity index (χ0v) is 14.0. The molecule has 1 unspecified atom stereocenters. The summed E-state index contributed by atoms with van der Waals surface area (Å²) in [4.78, 5) is 16.6. The fraction of sp³-hybridized carbons (Fsp3) is 0.611. The highest BCUT2D eigenvalue weighted by Crippen LogP contribution is 2.28. The molecular weight excluding hydrogens is 295 g/mol. The van der Waals surface area contributed by atoms with Crippen LogP contribution in [-0.4, -0.2) is 54.1 Å². The highest BCUT2D eigenvalue weighted by Gasteiger charge is 2.33. The number of aliphatic hydroxyl groups is 1. The smallest absolute Gasteiger partial charge is 0.244 e. The van der Waals surface area contributed by atoms with Gasteiger partial charge in [-0.3, -0.25) is 9.69 Å². The molecule has 1 aliphatic rings. The van der Waals surface area contributed by atoms with Gasteiger partial charge in [0.1, 0.15) is 11.9 Å². The zero-order chi connectivity index (χ0) is 16.8. The Morgan fingerprint density at radius 3 is 2.48 bits per heavy atom. The van der Waals surface area contributed by atoms with Crippen LogP contribution in [0.2, 0.25) is 0 Å². The van der Waals surface area contributed by atoms with Crippen molar-refractivity contribution in [1.82, 2.24) is 9.80 Å². The van der Waals surface area contributed by atoms with Gasteiger partial charge in [-0.2, -0.15) is 0 Å². The number of nitrogens with zero attached hydrogens (tertiary/aromatic N) is 2. The molecule has 1 amide bonds. The maximum atomic E-state index is 14.2. The minimum absolute atomic E-state index is 0.0698. The van der Waals surface area contributed by atoms with Crippen LogP contribution < -0.4 is 0 Å². The van der Waals surface area contributed by atoms with E-state index in [1.165, 1.54) is 12.5 Å². The van der Waals surface area contributed by atoms with Gasteiger partial charge >= 0.3 is 0 Å². The van der Waals surface area contributed by atoms with Crippen LogP contribution in [-0.2, 0) is 4.79 Å². The summed E-state index contributed by atoms with van der Waals surface area (Å²) in [5.41, 5.74) is 0.390. The molecule has 4 nitrogen and oxygen atoms in total. The summed E-state index contributed by atoms with van der Waals surface area (Å²) >= 11 is 0. The molecule has 0 heterocycles. The average molecular weight is 322 g/mol. The van der Waals surface area contributed by atoms with Crippen molar-refractivity contribution >= 4 is 5.91 Å². The lowest BCUT2D eigenvalue weighted by molar-refractivity contribution is -0.140. The largest absolute Gasteiger partial charge is 0.395 e. The number of aliphatic hydroxyl groups excluding tert-OH is 1. The summed E-state index contributed by atoms with van der Waals surface area (Å²) in [6.07, 6.45) is 5.33. The molecule has 0 saturated heterocycles. The third kappa shape index (κ3) is 4.30. The number of benzene rings is 1. The lowest BCUT2D eigenvalue weighted by Gasteiger charge is -2.38. The molecule has 1 atom stereocenters. The number of amides is 1. The van der Waals surface area contributed by atoms with E-state index in [0.717, 1.165) is 25.7 Å². The fourth-order valence-electron chi connectivity index (χ4n) is 3.46. The second-order valence-electron chi connectivity index (χ2n) is 6.43. The molecule has 1 aliphatic carbocycles. The first-order chi connectivity index (χ1) is 11.1. The number of halogens is 1. The second-order valence-corrected chi connectivity index (χ2v) is 6.43. The van der Waals surface area contributed by atoms with Gasteiger partial charge in [0, 0.05) is 18.2 Å². The molecule has 23 heavy (non-hydrogen) atoms. The van der Waals surface area contributed by atoms with Crippen molar-refractivity contribution in [2.75, 3.05) is 27.2 Å². The first kappa shape index (κ1) is 17.9. The molecule has 0 aromatic heterocycles. The maximum Gasteiger partial charge on any atom is 0.244 e. The molecule has 0 spiro atoms. The number of hydrogen-bond acceptors (Lipinski definition) is 3. The van der Waals surface area contributed by atoms with Gasteiger partial charge in [0.05, 0.1) is 6.61 Å². The molecule has 0 bridgehead atoms. The summed E-state index contributed by atoms with van der Waals surface area (Å²) in [7, 11) is 3.57. The Morgan fingerprint density at radius 1 is 1.26 bits per heavy atom. The molecule has 0 aliphatic heterocycles. The number of carbonyl (C=O) groups excluding carboxylic acids is 1. The van der Waals surface area contributed by atoms with E-state index in [-0.39, 0.29) is 24.4 Å². The minimum atomic E-state index is -0.662. The van der Waals surface area contributed by atoms with Crippen LogP contribution in [0.15, 0.2) is 24.3 Å². The van der Waals surface area contributed by atoms with Crippen LogP contribution >= 0.6 is 0 Å². The van der Waals surface area contributed by atoms with E-state index >= 15 is 0 Å². The van der Waals surface area contributed by atoms with Crippen LogP contribution in [0.4, 0.5) is 4.39 Å². The van der Waals surface area contributed by atoms with Crippen molar-refractivity contribution in [2.24, 2.45) is 0 Å². The van der Waals surface area contributed by atoms with Crippen molar-refractivity contribution in [1.29, 1.82) is 0 Å². The molecule has 0 radical (unpaired) electrons. The molecule has 1 fully saturated rings. The predicted octanol–water partition coefficient (Wildman–Crippen LogP) is 2.58. The SMILES string of the molecule is CN(C)C(C(=O)N(CCO)C1CCCCC1)c1ccccc1F. The first-order valence-electron chi connectivity index (χ1n) is 8.38. The van der Waals surface area contributed by atoms with Gasteiger partial charge in [-0.05, 0) is 33.0 Å². The predicted molar refractivity (Wildman–Crippen MR) is 88.5 cm³/mol. The van der Waals surface area contributed by atoms with Crippen molar-refractivity contribution in [3.63, 3.8) is 0 Å². The van der Waals surface area contributed by atoms with Crippen LogP contribution in [0.3, 0.4) is 0 Å². The molecule has 1 aromatic carbocycles. The molecule has 1 saturated carbocycles. The van der Waals surface area contributed by atoms with Crippen molar-refractivity contribution in [3.8, 4) is 0 Å². The lowest BCUT2D eigenvalue weighted by atomic mass is 9.93. The number of likely N-dealkylation sites (N-methyl/N-ethyl adjacent to an activating group) is 1. The molecule has 2 rings (SSSR count). The molecule has 1 aromatic rings. The minimum Gasteiger partial charge on any atom is -0.395 e. The Bertz CT molecular complexity index is 515. The van der Waals surface area contributed by atoms with Crippen LogP contribution in [0.5, 0.6) is 0 Å². The van der Waals surface area contributed by atoms with Crippen molar-refractivity contribution in [2.45, 2.75) is 44.2 Å². The summed E-state index contributed by atoms with van der Waals surface area (Å²) in [5, 5.41) is 9.38. The Balaban J connectivity index is 2.28. The van der Waals surface area contributed by atoms with Crippen LogP contribution in [0.25, 0.3) is 0 Å². The van der Waals surface area contributed by atoms with E-state index in [1.807, 2.05) is 0 Å².